The SMILES string of the molecule is Cc1ccc(CSCCNC(=O)[C@@H](C)N(c2ccc(C)c(C)c2)S(C)(=O)=O)cc1. The lowest BCUT2D eigenvalue weighted by Crippen LogP contribution is -2.48. The summed E-state index contributed by atoms with van der Waals surface area (Å²) in [5, 5.41) is 2.86. The average Bonchev–Trinajstić information content (AvgIpc) is 2.64. The molecule has 0 spiro atoms. The van der Waals surface area contributed by atoms with Crippen LogP contribution >= 0.6 is 11.8 Å². The molecule has 0 aliphatic heterocycles. The minimum Gasteiger partial charge on any atom is -0.353 e. The first kappa shape index (κ1) is 23.3. The Balaban J connectivity index is 1.93. The second-order valence-corrected chi connectivity index (χ2v) is 10.3. The molecule has 0 radical (unpaired) electrons. The Morgan fingerprint density at radius 1 is 1.07 bits per heavy atom. The summed E-state index contributed by atoms with van der Waals surface area (Å²) in [5.74, 6) is 1.34. The number of carbonyl (C=O) groups excluding carboxylic acids is 1. The van der Waals surface area contributed by atoms with E-state index in [0.717, 1.165) is 28.9 Å². The van der Waals surface area contributed by atoms with Gasteiger partial charge in [-0.05, 0) is 56.5 Å². The molecule has 29 heavy (non-hydrogen) atoms. The zero-order valence-corrected chi connectivity index (χ0v) is 19.4. The molecule has 0 aliphatic carbocycles. The summed E-state index contributed by atoms with van der Waals surface area (Å²) in [7, 11) is -3.60. The van der Waals surface area contributed by atoms with Crippen molar-refractivity contribution < 1.29 is 13.2 Å². The van der Waals surface area contributed by atoms with E-state index in [0.29, 0.717) is 12.2 Å². The Kier molecular flexibility index (Phi) is 8.16. The molecule has 1 amide bonds. The molecular formula is C22H30N2O3S2. The molecule has 0 aliphatic rings. The Bertz CT molecular complexity index is 941. The van der Waals surface area contributed by atoms with Gasteiger partial charge in [-0.15, -0.1) is 0 Å². The lowest BCUT2D eigenvalue weighted by molar-refractivity contribution is -0.121. The first-order chi connectivity index (χ1) is 13.6. The molecule has 1 N–H and O–H groups in total. The molecule has 2 aromatic carbocycles. The average molecular weight is 435 g/mol. The second kappa shape index (κ2) is 10.2. The number of amides is 1. The van der Waals surface area contributed by atoms with E-state index < -0.39 is 16.1 Å². The molecule has 0 unspecified atom stereocenters. The summed E-state index contributed by atoms with van der Waals surface area (Å²) in [6.45, 7) is 8.06. The molecule has 0 bridgehead atoms. The van der Waals surface area contributed by atoms with Gasteiger partial charge in [-0.3, -0.25) is 9.10 Å². The van der Waals surface area contributed by atoms with E-state index in [1.54, 1.807) is 30.8 Å². The zero-order chi connectivity index (χ0) is 21.6. The van der Waals surface area contributed by atoms with Crippen LogP contribution in [-0.4, -0.2) is 38.9 Å². The van der Waals surface area contributed by atoms with E-state index in [1.807, 2.05) is 19.9 Å². The molecule has 7 heteroatoms. The number of carbonyl (C=O) groups is 1. The van der Waals surface area contributed by atoms with Crippen molar-refractivity contribution in [2.24, 2.45) is 0 Å². The smallest absolute Gasteiger partial charge is 0.243 e. The van der Waals surface area contributed by atoms with Crippen LogP contribution in [0.25, 0.3) is 0 Å². The molecule has 1 atom stereocenters. The Hall–Kier alpha value is -1.99. The van der Waals surface area contributed by atoms with Gasteiger partial charge in [-0.1, -0.05) is 35.9 Å². The number of benzene rings is 2. The fraction of sp³-hybridized carbons (Fsp3) is 0.409. The standard InChI is InChI=1S/C22H30N2O3S2/c1-16-6-9-20(10-7-16)15-28-13-12-23-22(25)19(4)24(29(5,26)27)21-11-8-17(2)18(3)14-21/h6-11,14,19H,12-13,15H2,1-5H3,(H,23,25)/t19-/m1/s1. The Morgan fingerprint density at radius 3 is 2.31 bits per heavy atom. The number of sulfonamides is 1. The highest BCUT2D eigenvalue weighted by Crippen LogP contribution is 2.23. The van der Waals surface area contributed by atoms with Crippen LogP contribution in [0, 0.1) is 20.8 Å². The van der Waals surface area contributed by atoms with Gasteiger partial charge in [0.05, 0.1) is 11.9 Å². The summed E-state index contributed by atoms with van der Waals surface area (Å²) in [5.41, 5.74) is 5.05. The van der Waals surface area contributed by atoms with Crippen molar-refractivity contribution in [3.05, 3.63) is 64.7 Å². The van der Waals surface area contributed by atoms with E-state index >= 15 is 0 Å². The third kappa shape index (κ3) is 6.78. The van der Waals surface area contributed by atoms with Crippen molar-refractivity contribution in [2.75, 3.05) is 22.9 Å². The van der Waals surface area contributed by atoms with Gasteiger partial charge in [-0.2, -0.15) is 11.8 Å². The van der Waals surface area contributed by atoms with Crippen LogP contribution in [0.5, 0.6) is 0 Å². The van der Waals surface area contributed by atoms with Crippen molar-refractivity contribution in [3.8, 4) is 0 Å². The number of thioether (sulfide) groups is 1. The number of hydrogen-bond acceptors (Lipinski definition) is 4. The van der Waals surface area contributed by atoms with Crippen LogP contribution in [0.15, 0.2) is 42.5 Å². The Labute approximate surface area is 178 Å². The highest BCUT2D eigenvalue weighted by Gasteiger charge is 2.29. The van der Waals surface area contributed by atoms with Crippen LogP contribution in [0.1, 0.15) is 29.2 Å². The molecule has 0 heterocycles. The maximum atomic E-state index is 12.6. The number of nitrogens with one attached hydrogen (secondary N) is 1. The largest absolute Gasteiger partial charge is 0.353 e. The highest BCUT2D eigenvalue weighted by atomic mass is 32.2. The first-order valence-electron chi connectivity index (χ1n) is 9.57. The first-order valence-corrected chi connectivity index (χ1v) is 12.6. The molecule has 2 aromatic rings. The predicted octanol–water partition coefficient (Wildman–Crippen LogP) is 3.82. The van der Waals surface area contributed by atoms with Gasteiger partial charge in [-0.25, -0.2) is 8.42 Å². The Morgan fingerprint density at radius 2 is 1.72 bits per heavy atom. The van der Waals surface area contributed by atoms with Crippen molar-refractivity contribution in [1.82, 2.24) is 5.32 Å². The fourth-order valence-electron chi connectivity index (χ4n) is 2.94. The van der Waals surface area contributed by atoms with E-state index in [4.69, 9.17) is 0 Å². The van der Waals surface area contributed by atoms with Gasteiger partial charge in [0.15, 0.2) is 0 Å². The molecular weight excluding hydrogens is 404 g/mol. The normalized spacial score (nSPS) is 12.4. The number of aryl methyl sites for hydroxylation is 3. The topological polar surface area (TPSA) is 66.5 Å². The summed E-state index contributed by atoms with van der Waals surface area (Å²) in [4.78, 5) is 12.6. The van der Waals surface area contributed by atoms with Crippen LogP contribution in [0.4, 0.5) is 5.69 Å². The van der Waals surface area contributed by atoms with E-state index in [2.05, 4.69) is 36.5 Å². The van der Waals surface area contributed by atoms with Gasteiger partial charge in [0.1, 0.15) is 6.04 Å². The van der Waals surface area contributed by atoms with Crippen LogP contribution < -0.4 is 9.62 Å². The van der Waals surface area contributed by atoms with Crippen LogP contribution in [0.2, 0.25) is 0 Å². The number of anilines is 1. The summed E-state index contributed by atoms with van der Waals surface area (Å²) in [6, 6.07) is 13.0. The quantitative estimate of drug-likeness (QED) is 0.610. The zero-order valence-electron chi connectivity index (χ0n) is 17.7. The van der Waals surface area contributed by atoms with Gasteiger partial charge < -0.3 is 5.32 Å². The molecule has 0 fully saturated rings. The van der Waals surface area contributed by atoms with Gasteiger partial charge >= 0.3 is 0 Å². The van der Waals surface area contributed by atoms with E-state index in [1.165, 1.54) is 15.4 Å². The number of hydrogen-bond donors (Lipinski definition) is 1. The minimum atomic E-state index is -3.60. The van der Waals surface area contributed by atoms with Crippen molar-refractivity contribution in [3.63, 3.8) is 0 Å². The van der Waals surface area contributed by atoms with Crippen molar-refractivity contribution in [2.45, 2.75) is 39.5 Å². The van der Waals surface area contributed by atoms with Gasteiger partial charge in [0, 0.05) is 18.1 Å². The molecule has 0 saturated carbocycles. The van der Waals surface area contributed by atoms with Gasteiger partial charge in [0.2, 0.25) is 15.9 Å². The second-order valence-electron chi connectivity index (χ2n) is 7.33. The van der Waals surface area contributed by atoms with Crippen LogP contribution in [-0.2, 0) is 20.6 Å². The number of rotatable bonds is 9. The lowest BCUT2D eigenvalue weighted by atomic mass is 10.1. The van der Waals surface area contributed by atoms with Gasteiger partial charge in [0.25, 0.3) is 0 Å². The van der Waals surface area contributed by atoms with E-state index in [-0.39, 0.29) is 5.91 Å². The van der Waals surface area contributed by atoms with Crippen molar-refractivity contribution in [1.29, 1.82) is 0 Å². The molecule has 158 valence electrons. The minimum absolute atomic E-state index is 0.301. The summed E-state index contributed by atoms with van der Waals surface area (Å²) >= 11 is 1.73. The highest BCUT2D eigenvalue weighted by molar-refractivity contribution is 7.98. The molecule has 2 rings (SSSR count). The lowest BCUT2D eigenvalue weighted by Gasteiger charge is -2.28. The molecule has 0 saturated heterocycles. The fourth-order valence-corrected chi connectivity index (χ4v) is 4.93. The van der Waals surface area contributed by atoms with Crippen molar-refractivity contribution >= 4 is 33.4 Å². The number of nitrogens with zero attached hydrogens (tertiary/aromatic N) is 1. The third-order valence-electron chi connectivity index (χ3n) is 4.77. The maximum absolute atomic E-state index is 12.6. The molecule has 0 aromatic heterocycles. The maximum Gasteiger partial charge on any atom is 0.243 e. The summed E-state index contributed by atoms with van der Waals surface area (Å²) in [6.07, 6.45) is 1.13. The van der Waals surface area contributed by atoms with Crippen LogP contribution in [0.3, 0.4) is 0 Å². The summed E-state index contributed by atoms with van der Waals surface area (Å²) < 4.78 is 25.9. The van der Waals surface area contributed by atoms with E-state index in [9.17, 15) is 13.2 Å². The third-order valence-corrected chi connectivity index (χ3v) is 7.04. The predicted molar refractivity (Wildman–Crippen MR) is 123 cm³/mol. The monoisotopic (exact) mass is 434 g/mol. The molecule has 5 nitrogen and oxygen atoms in total.